The summed E-state index contributed by atoms with van der Waals surface area (Å²) in [7, 11) is 4.44. The number of benzene rings is 1. The van der Waals surface area contributed by atoms with E-state index in [-0.39, 0.29) is 0 Å². The third-order valence-corrected chi connectivity index (χ3v) is 5.92. The fourth-order valence-corrected chi connectivity index (χ4v) is 4.26. The molecule has 0 aliphatic carbocycles. The van der Waals surface area contributed by atoms with Gasteiger partial charge in [-0.1, -0.05) is 5.92 Å². The maximum absolute atomic E-state index is 3.12. The van der Waals surface area contributed by atoms with Gasteiger partial charge in [0.05, 0.1) is 0 Å². The largest absolute Gasteiger partial charge is 0.372 e. The summed E-state index contributed by atoms with van der Waals surface area (Å²) in [6.07, 6.45) is 5.31. The third-order valence-electron chi connectivity index (χ3n) is 5.92. The first-order valence-electron chi connectivity index (χ1n) is 9.82. The molecule has 1 aromatic carbocycles. The Hall–Kier alpha value is -1.50. The molecule has 2 heterocycles. The smallest absolute Gasteiger partial charge is 0.0367 e. The molecule has 0 atom stereocenters. The molecule has 0 spiro atoms. The molecule has 0 radical (unpaired) electrons. The summed E-state index contributed by atoms with van der Waals surface area (Å²) in [6.45, 7) is 8.14. The van der Waals surface area contributed by atoms with Gasteiger partial charge in [-0.3, -0.25) is 0 Å². The monoisotopic (exact) mass is 339 g/mol. The Morgan fingerprint density at radius 2 is 1.60 bits per heavy atom. The van der Waals surface area contributed by atoms with E-state index in [0.29, 0.717) is 0 Å². The summed E-state index contributed by atoms with van der Waals surface area (Å²) in [5.74, 6) is 6.96. The first-order valence-corrected chi connectivity index (χ1v) is 9.82. The van der Waals surface area contributed by atoms with Gasteiger partial charge in [-0.2, -0.15) is 0 Å². The lowest BCUT2D eigenvalue weighted by atomic mass is 9.94. The molecular weight excluding hydrogens is 306 g/mol. The molecule has 3 rings (SSSR count). The zero-order valence-corrected chi connectivity index (χ0v) is 16.2. The molecule has 0 bridgehead atoms. The van der Waals surface area contributed by atoms with E-state index in [1.807, 2.05) is 6.92 Å². The number of anilines is 1. The number of nitrogens with zero attached hydrogens (tertiary/aromatic N) is 3. The van der Waals surface area contributed by atoms with Crippen molar-refractivity contribution < 1.29 is 0 Å². The Labute approximate surface area is 154 Å². The van der Waals surface area contributed by atoms with Crippen LogP contribution in [0.5, 0.6) is 0 Å². The Bertz CT molecular complexity index is 580. The van der Waals surface area contributed by atoms with E-state index in [9.17, 15) is 0 Å². The van der Waals surface area contributed by atoms with Crippen molar-refractivity contribution in [1.29, 1.82) is 0 Å². The zero-order chi connectivity index (χ0) is 17.6. The van der Waals surface area contributed by atoms with Crippen LogP contribution in [0.1, 0.15) is 38.2 Å². The van der Waals surface area contributed by atoms with Crippen LogP contribution in [0.25, 0.3) is 0 Å². The second kappa shape index (κ2) is 8.74. The summed E-state index contributed by atoms with van der Waals surface area (Å²) >= 11 is 0. The predicted octanol–water partition coefficient (Wildman–Crippen LogP) is 3.30. The molecule has 2 saturated heterocycles. The lowest BCUT2D eigenvalue weighted by Gasteiger charge is -2.39. The molecule has 3 heteroatoms. The lowest BCUT2D eigenvalue weighted by molar-refractivity contribution is 0.124. The van der Waals surface area contributed by atoms with Crippen LogP contribution in [-0.4, -0.2) is 62.7 Å². The fraction of sp³-hybridized carbons (Fsp3) is 0.636. The van der Waals surface area contributed by atoms with Crippen LogP contribution in [0, 0.1) is 17.8 Å². The van der Waals surface area contributed by atoms with Gasteiger partial charge in [0.2, 0.25) is 0 Å². The average Bonchev–Trinajstić information content (AvgIpc) is 2.64. The van der Waals surface area contributed by atoms with Crippen LogP contribution in [0.2, 0.25) is 0 Å². The topological polar surface area (TPSA) is 9.72 Å². The first kappa shape index (κ1) is 18.3. The maximum Gasteiger partial charge on any atom is 0.0367 e. The Morgan fingerprint density at radius 1 is 0.960 bits per heavy atom. The van der Waals surface area contributed by atoms with Crippen molar-refractivity contribution in [2.45, 2.75) is 38.6 Å². The van der Waals surface area contributed by atoms with Gasteiger partial charge in [-0.15, -0.1) is 5.92 Å². The lowest BCUT2D eigenvalue weighted by Crippen LogP contribution is -2.45. The number of piperidine rings is 2. The Morgan fingerprint density at radius 3 is 2.16 bits per heavy atom. The van der Waals surface area contributed by atoms with Gasteiger partial charge in [0.15, 0.2) is 0 Å². The molecule has 0 amide bonds. The Kier molecular flexibility index (Phi) is 6.39. The molecule has 25 heavy (non-hydrogen) atoms. The van der Waals surface area contributed by atoms with E-state index in [1.54, 1.807) is 0 Å². The molecule has 0 aromatic heterocycles. The number of hydrogen-bond donors (Lipinski definition) is 0. The van der Waals surface area contributed by atoms with Gasteiger partial charge < -0.3 is 14.7 Å². The highest BCUT2D eigenvalue weighted by Crippen LogP contribution is 2.25. The normalized spacial score (nSPS) is 20.6. The van der Waals surface area contributed by atoms with Crippen molar-refractivity contribution in [3.8, 4) is 11.8 Å². The molecule has 136 valence electrons. The highest BCUT2D eigenvalue weighted by molar-refractivity contribution is 5.50. The summed E-state index contributed by atoms with van der Waals surface area (Å²) in [4.78, 5) is 7.64. The van der Waals surface area contributed by atoms with Crippen LogP contribution in [-0.2, 0) is 0 Å². The number of likely N-dealkylation sites (tertiary alicyclic amines) is 1. The predicted molar refractivity (Wildman–Crippen MR) is 107 cm³/mol. The van der Waals surface area contributed by atoms with Gasteiger partial charge in [-0.05, 0) is 90.0 Å². The van der Waals surface area contributed by atoms with E-state index < -0.39 is 0 Å². The summed E-state index contributed by atoms with van der Waals surface area (Å²) in [5.41, 5.74) is 2.47. The summed E-state index contributed by atoms with van der Waals surface area (Å²) in [5, 5.41) is 0. The zero-order valence-electron chi connectivity index (χ0n) is 16.2. The Balaban J connectivity index is 1.43. The standard InChI is InChI=1S/C22H33N3/c1-4-5-19-6-8-22(9-7-19)25-16-10-20(11-17-25)18-24-14-12-21(13-15-24)23(2)3/h6-9,20-21H,10-18H2,1-3H3. The summed E-state index contributed by atoms with van der Waals surface area (Å²) in [6, 6.07) is 9.54. The van der Waals surface area contributed by atoms with E-state index in [0.717, 1.165) is 17.5 Å². The SMILES string of the molecule is CC#Cc1ccc(N2CCC(CN3CCC(N(C)C)CC3)CC2)cc1. The van der Waals surface area contributed by atoms with Crippen molar-refractivity contribution in [2.75, 3.05) is 51.7 Å². The van der Waals surface area contributed by atoms with Crippen molar-refractivity contribution in [3.05, 3.63) is 29.8 Å². The maximum atomic E-state index is 3.12. The fourth-order valence-electron chi connectivity index (χ4n) is 4.26. The third kappa shape index (κ3) is 5.00. The molecule has 1 aromatic rings. The van der Waals surface area contributed by atoms with Crippen molar-refractivity contribution in [2.24, 2.45) is 5.92 Å². The molecule has 0 N–H and O–H groups in total. The van der Waals surface area contributed by atoms with Gasteiger partial charge in [-0.25, -0.2) is 0 Å². The number of rotatable bonds is 4. The van der Waals surface area contributed by atoms with Crippen molar-refractivity contribution in [1.82, 2.24) is 9.80 Å². The molecule has 2 aliphatic heterocycles. The van der Waals surface area contributed by atoms with Crippen LogP contribution < -0.4 is 4.90 Å². The minimum Gasteiger partial charge on any atom is -0.372 e. The van der Waals surface area contributed by atoms with Crippen LogP contribution in [0.4, 0.5) is 5.69 Å². The van der Waals surface area contributed by atoms with Gasteiger partial charge in [0, 0.05) is 36.9 Å². The second-order valence-electron chi connectivity index (χ2n) is 7.85. The van der Waals surface area contributed by atoms with E-state index in [1.165, 1.54) is 64.1 Å². The van der Waals surface area contributed by atoms with Crippen LogP contribution >= 0.6 is 0 Å². The van der Waals surface area contributed by atoms with Gasteiger partial charge in [0.25, 0.3) is 0 Å². The summed E-state index contributed by atoms with van der Waals surface area (Å²) < 4.78 is 0. The molecule has 3 nitrogen and oxygen atoms in total. The molecule has 2 aliphatic rings. The number of hydrogen-bond acceptors (Lipinski definition) is 3. The minimum atomic E-state index is 0.790. The van der Waals surface area contributed by atoms with Gasteiger partial charge >= 0.3 is 0 Å². The highest BCUT2D eigenvalue weighted by Gasteiger charge is 2.25. The van der Waals surface area contributed by atoms with Gasteiger partial charge in [0.1, 0.15) is 0 Å². The average molecular weight is 340 g/mol. The van der Waals surface area contributed by atoms with E-state index >= 15 is 0 Å². The highest BCUT2D eigenvalue weighted by atomic mass is 15.2. The molecular formula is C22H33N3. The van der Waals surface area contributed by atoms with Crippen LogP contribution in [0.3, 0.4) is 0 Å². The first-order chi connectivity index (χ1) is 12.2. The molecule has 0 saturated carbocycles. The molecule has 2 fully saturated rings. The second-order valence-corrected chi connectivity index (χ2v) is 7.85. The minimum absolute atomic E-state index is 0.790. The van der Waals surface area contributed by atoms with Crippen LogP contribution in [0.15, 0.2) is 24.3 Å². The van der Waals surface area contributed by atoms with Crippen molar-refractivity contribution >= 4 is 5.69 Å². The quantitative estimate of drug-likeness (QED) is 0.779. The van der Waals surface area contributed by atoms with E-state index in [4.69, 9.17) is 0 Å². The van der Waals surface area contributed by atoms with Crippen molar-refractivity contribution in [3.63, 3.8) is 0 Å². The van der Waals surface area contributed by atoms with E-state index in [2.05, 4.69) is 64.9 Å². The molecule has 0 unspecified atom stereocenters.